The molecule has 2 amide bonds. The minimum Gasteiger partial charge on any atom is -0.375 e. The molecule has 2 fully saturated rings. The molecular formula is C24H31F2N9O2. The predicted molar refractivity (Wildman–Crippen MR) is 135 cm³/mol. The Morgan fingerprint density at radius 2 is 1.65 bits per heavy atom. The number of halogens is 2. The Morgan fingerprint density at radius 3 is 2.35 bits per heavy atom. The third-order valence-electron chi connectivity index (χ3n) is 6.94. The van der Waals surface area contributed by atoms with Crippen LogP contribution in [0.25, 0.3) is 17.0 Å². The van der Waals surface area contributed by atoms with Crippen LogP contribution in [0.2, 0.25) is 0 Å². The molecule has 0 N–H and O–H groups in total. The van der Waals surface area contributed by atoms with E-state index in [1.54, 1.807) is 48.2 Å². The molecule has 2 aliphatic heterocycles. The molecule has 3 aromatic rings. The van der Waals surface area contributed by atoms with Gasteiger partial charge in [-0.05, 0) is 26.0 Å². The summed E-state index contributed by atoms with van der Waals surface area (Å²) in [5, 5.41) is 0. The molecule has 2 atom stereocenters. The number of nitrogens with zero attached hydrogens (tertiary/aromatic N) is 9. The fourth-order valence-electron chi connectivity index (χ4n) is 4.71. The molecule has 198 valence electrons. The van der Waals surface area contributed by atoms with Gasteiger partial charge in [0.1, 0.15) is 0 Å². The molecule has 0 aliphatic carbocycles. The van der Waals surface area contributed by atoms with Crippen molar-refractivity contribution in [3.63, 3.8) is 0 Å². The summed E-state index contributed by atoms with van der Waals surface area (Å²) in [6.45, 7) is 7.07. The summed E-state index contributed by atoms with van der Waals surface area (Å²) in [5.41, 5.74) is 0.927. The van der Waals surface area contributed by atoms with Crippen LogP contribution in [0.1, 0.15) is 26.1 Å². The van der Waals surface area contributed by atoms with Crippen LogP contribution in [0.5, 0.6) is 0 Å². The number of para-hydroxylation sites is 2. The lowest BCUT2D eigenvalue weighted by Crippen LogP contribution is -2.52. The van der Waals surface area contributed by atoms with Crippen LogP contribution in [-0.2, 0) is 4.74 Å². The first-order valence-electron chi connectivity index (χ1n) is 12.4. The fraction of sp³-hybridized carbons (Fsp3) is 0.542. The van der Waals surface area contributed by atoms with Crippen LogP contribution in [-0.4, -0.2) is 106 Å². The van der Waals surface area contributed by atoms with E-state index in [1.807, 2.05) is 23.6 Å². The Balaban J connectivity index is 1.59. The number of piperazine rings is 1. The number of carbonyl (C=O) groups excluding carboxylic acids is 1. The smallest absolute Gasteiger partial charge is 0.319 e. The van der Waals surface area contributed by atoms with Gasteiger partial charge < -0.3 is 24.3 Å². The number of aromatic nitrogens is 5. The fourth-order valence-corrected chi connectivity index (χ4v) is 4.71. The molecule has 37 heavy (non-hydrogen) atoms. The summed E-state index contributed by atoms with van der Waals surface area (Å²) in [4.78, 5) is 38.0. The van der Waals surface area contributed by atoms with Gasteiger partial charge in [0.05, 0.1) is 29.8 Å². The van der Waals surface area contributed by atoms with Crippen molar-refractivity contribution in [2.45, 2.75) is 32.4 Å². The molecule has 1 aromatic carbocycles. The highest BCUT2D eigenvalue weighted by Gasteiger charge is 2.31. The minimum absolute atomic E-state index is 0.0273. The molecule has 0 spiro atoms. The van der Waals surface area contributed by atoms with Crippen molar-refractivity contribution in [3.8, 4) is 5.95 Å². The average molecular weight is 516 g/mol. The summed E-state index contributed by atoms with van der Waals surface area (Å²) >= 11 is 0. The van der Waals surface area contributed by atoms with Crippen molar-refractivity contribution in [2.24, 2.45) is 0 Å². The number of amides is 2. The zero-order valence-corrected chi connectivity index (χ0v) is 21.4. The van der Waals surface area contributed by atoms with Crippen LogP contribution in [0, 0.1) is 0 Å². The van der Waals surface area contributed by atoms with Crippen molar-refractivity contribution in [1.82, 2.24) is 34.3 Å². The number of benzene rings is 1. The Hall–Kier alpha value is -3.61. The molecule has 4 heterocycles. The first kappa shape index (κ1) is 25.1. The zero-order valence-electron chi connectivity index (χ0n) is 21.4. The normalized spacial score (nSPS) is 20.7. The molecular weight excluding hydrogens is 484 g/mol. The number of morpholine rings is 1. The molecule has 0 radical (unpaired) electrons. The molecule has 11 nitrogen and oxygen atoms in total. The van der Waals surface area contributed by atoms with Crippen molar-refractivity contribution in [2.75, 3.05) is 63.2 Å². The van der Waals surface area contributed by atoms with Gasteiger partial charge in [0.2, 0.25) is 17.8 Å². The largest absolute Gasteiger partial charge is 0.375 e. The molecule has 2 aliphatic rings. The number of imidazole rings is 1. The van der Waals surface area contributed by atoms with E-state index in [1.165, 1.54) is 4.57 Å². The van der Waals surface area contributed by atoms with Crippen LogP contribution in [0.15, 0.2) is 24.3 Å². The lowest BCUT2D eigenvalue weighted by Gasteiger charge is -2.39. The number of ether oxygens (including phenoxy) is 1. The number of hydrogen-bond acceptors (Lipinski definition) is 8. The van der Waals surface area contributed by atoms with E-state index in [-0.39, 0.29) is 24.1 Å². The SMILES string of the molecule is C[C@@H]1[C@@H](C)OCCN1c1nc(N2CCN(C(=O)N(C)C)CC2)nc(-n2c(C(F)F)nc3ccccc32)n1. The first-order chi connectivity index (χ1) is 17.7. The van der Waals surface area contributed by atoms with Gasteiger partial charge in [-0.2, -0.15) is 15.0 Å². The highest BCUT2D eigenvalue weighted by molar-refractivity contribution is 5.78. The van der Waals surface area contributed by atoms with Crippen LogP contribution < -0.4 is 9.80 Å². The standard InChI is InChI=1S/C24H31F2N9O2/c1-15-16(2)37-14-13-34(15)22-28-21(32-9-11-33(12-10-32)24(36)31(3)4)29-23(30-22)35-18-8-6-5-7-17(18)27-20(35)19(25)26/h5-8,15-16,19H,9-14H2,1-4H3/t15-,16-/m1/s1. The molecule has 2 aromatic heterocycles. The number of rotatable bonds is 4. The van der Waals surface area contributed by atoms with E-state index in [9.17, 15) is 13.6 Å². The minimum atomic E-state index is -2.82. The number of anilines is 2. The first-order valence-corrected chi connectivity index (χ1v) is 12.4. The summed E-state index contributed by atoms with van der Waals surface area (Å²) in [5.74, 6) is 0.435. The molecule has 0 saturated carbocycles. The summed E-state index contributed by atoms with van der Waals surface area (Å²) in [7, 11) is 3.44. The van der Waals surface area contributed by atoms with Gasteiger partial charge in [0.15, 0.2) is 5.82 Å². The van der Waals surface area contributed by atoms with E-state index in [0.717, 1.165) is 0 Å². The van der Waals surface area contributed by atoms with Gasteiger partial charge >= 0.3 is 6.03 Å². The van der Waals surface area contributed by atoms with Gasteiger partial charge in [-0.15, -0.1) is 0 Å². The Labute approximate surface area is 213 Å². The summed E-state index contributed by atoms with van der Waals surface area (Å²) in [6, 6.07) is 6.85. The third kappa shape index (κ3) is 4.75. The Kier molecular flexibility index (Phi) is 6.80. The Morgan fingerprint density at radius 1 is 0.973 bits per heavy atom. The van der Waals surface area contributed by atoms with Gasteiger partial charge in [-0.1, -0.05) is 12.1 Å². The van der Waals surface area contributed by atoms with Crippen LogP contribution >= 0.6 is 0 Å². The number of carbonyl (C=O) groups is 1. The molecule has 0 unspecified atom stereocenters. The monoisotopic (exact) mass is 515 g/mol. The van der Waals surface area contributed by atoms with Crippen LogP contribution in [0.4, 0.5) is 25.5 Å². The van der Waals surface area contributed by atoms with Crippen molar-refractivity contribution < 1.29 is 18.3 Å². The average Bonchev–Trinajstić information content (AvgIpc) is 3.30. The van der Waals surface area contributed by atoms with Crippen molar-refractivity contribution in [3.05, 3.63) is 30.1 Å². The highest BCUT2D eigenvalue weighted by Crippen LogP contribution is 2.29. The lowest BCUT2D eigenvalue weighted by molar-refractivity contribution is 0.0277. The van der Waals surface area contributed by atoms with E-state index in [4.69, 9.17) is 9.72 Å². The number of urea groups is 1. The maximum Gasteiger partial charge on any atom is 0.319 e. The number of alkyl halides is 2. The van der Waals surface area contributed by atoms with E-state index in [2.05, 4.69) is 15.0 Å². The zero-order chi connectivity index (χ0) is 26.3. The van der Waals surface area contributed by atoms with E-state index in [0.29, 0.717) is 62.3 Å². The number of fused-ring (bicyclic) bond motifs is 1. The Bertz CT molecular complexity index is 1280. The molecule has 2 saturated heterocycles. The predicted octanol–water partition coefficient (Wildman–Crippen LogP) is 2.57. The second-order valence-electron chi connectivity index (χ2n) is 9.49. The molecule has 5 rings (SSSR count). The van der Waals surface area contributed by atoms with Crippen molar-refractivity contribution >= 4 is 29.0 Å². The van der Waals surface area contributed by atoms with E-state index >= 15 is 0 Å². The molecule has 13 heteroatoms. The second-order valence-corrected chi connectivity index (χ2v) is 9.49. The van der Waals surface area contributed by atoms with Gasteiger partial charge in [-0.3, -0.25) is 4.57 Å². The lowest BCUT2D eigenvalue weighted by atomic mass is 10.1. The quantitative estimate of drug-likeness (QED) is 0.523. The third-order valence-corrected chi connectivity index (χ3v) is 6.94. The summed E-state index contributed by atoms with van der Waals surface area (Å²) in [6.07, 6.45) is -2.87. The maximum absolute atomic E-state index is 14.1. The van der Waals surface area contributed by atoms with Gasteiger partial charge in [0, 0.05) is 46.8 Å². The summed E-state index contributed by atoms with van der Waals surface area (Å²) < 4.78 is 35.3. The second kappa shape index (κ2) is 10.0. The maximum atomic E-state index is 14.1. The van der Waals surface area contributed by atoms with Gasteiger partial charge in [-0.25, -0.2) is 18.6 Å². The topological polar surface area (TPSA) is 95.8 Å². The van der Waals surface area contributed by atoms with Gasteiger partial charge in [0.25, 0.3) is 6.43 Å². The number of hydrogen-bond donors (Lipinski definition) is 0. The van der Waals surface area contributed by atoms with E-state index < -0.39 is 12.2 Å². The molecule has 0 bridgehead atoms. The van der Waals surface area contributed by atoms with Crippen molar-refractivity contribution in [1.29, 1.82) is 0 Å². The van der Waals surface area contributed by atoms with Crippen LogP contribution in [0.3, 0.4) is 0 Å². The highest BCUT2D eigenvalue weighted by atomic mass is 19.3.